The second-order valence-electron chi connectivity index (χ2n) is 7.95. The highest BCUT2D eigenvalue weighted by atomic mass is 16.5. The molecule has 0 unspecified atom stereocenters. The largest absolute Gasteiger partial charge is 0.497 e. The van der Waals surface area contributed by atoms with Crippen LogP contribution < -0.4 is 20.1 Å². The van der Waals surface area contributed by atoms with Crippen molar-refractivity contribution in [1.29, 1.82) is 0 Å². The summed E-state index contributed by atoms with van der Waals surface area (Å²) in [5.41, 5.74) is 4.32. The lowest BCUT2D eigenvalue weighted by Gasteiger charge is -2.16. The number of carbonyl (C=O) groups excluding carboxylic acids is 1. The number of hydrogen-bond acceptors (Lipinski definition) is 6. The molecule has 0 saturated heterocycles. The number of benzene rings is 3. The molecule has 0 saturated carbocycles. The number of nitrogens with zero attached hydrogens (tertiary/aromatic N) is 1. The first-order valence-electron chi connectivity index (χ1n) is 10.7. The number of anilines is 2. The minimum Gasteiger partial charge on any atom is -0.497 e. The van der Waals surface area contributed by atoms with Crippen LogP contribution in [-0.4, -0.2) is 31.3 Å². The molecule has 7 nitrogen and oxygen atoms in total. The fourth-order valence-electron chi connectivity index (χ4n) is 3.60. The Morgan fingerprint density at radius 1 is 0.909 bits per heavy atom. The number of aromatic nitrogens is 1. The van der Waals surface area contributed by atoms with Crippen LogP contribution in [0.4, 0.5) is 16.2 Å². The Kier molecular flexibility index (Phi) is 6.49. The van der Waals surface area contributed by atoms with Crippen LogP contribution in [0.25, 0.3) is 21.8 Å². The molecule has 7 heteroatoms. The highest BCUT2D eigenvalue weighted by Crippen LogP contribution is 2.36. The summed E-state index contributed by atoms with van der Waals surface area (Å²) in [6, 6.07) is 19.4. The SMILES string of the molecule is COc1ccc2nc3ccc(OC)cc3c(Nc3cccc(COC(=O)NC(C)C)c3)c2c1. The highest BCUT2D eigenvalue weighted by molar-refractivity contribution is 6.09. The second kappa shape index (κ2) is 9.65. The fourth-order valence-corrected chi connectivity index (χ4v) is 3.60. The molecule has 0 aliphatic rings. The molecular weight excluding hydrogens is 418 g/mol. The highest BCUT2D eigenvalue weighted by Gasteiger charge is 2.13. The molecule has 0 atom stereocenters. The van der Waals surface area contributed by atoms with Crippen molar-refractivity contribution in [3.63, 3.8) is 0 Å². The topological polar surface area (TPSA) is 81.7 Å². The van der Waals surface area contributed by atoms with Crippen LogP contribution in [0.2, 0.25) is 0 Å². The van der Waals surface area contributed by atoms with Crippen LogP contribution in [0.15, 0.2) is 60.7 Å². The number of ether oxygens (including phenoxy) is 3. The molecule has 0 fully saturated rings. The van der Waals surface area contributed by atoms with E-state index in [-0.39, 0.29) is 12.6 Å². The summed E-state index contributed by atoms with van der Waals surface area (Å²) < 4.78 is 16.2. The smallest absolute Gasteiger partial charge is 0.407 e. The van der Waals surface area contributed by atoms with Gasteiger partial charge in [-0.2, -0.15) is 0 Å². The Hall–Kier alpha value is -4.00. The minimum absolute atomic E-state index is 0.0211. The Balaban J connectivity index is 1.73. The first-order valence-corrected chi connectivity index (χ1v) is 10.7. The lowest BCUT2D eigenvalue weighted by Crippen LogP contribution is -2.30. The Morgan fingerprint density at radius 3 is 2.12 bits per heavy atom. The van der Waals surface area contributed by atoms with Gasteiger partial charge in [0.15, 0.2) is 0 Å². The van der Waals surface area contributed by atoms with Gasteiger partial charge in [0.25, 0.3) is 0 Å². The molecule has 2 N–H and O–H groups in total. The third kappa shape index (κ3) is 5.09. The summed E-state index contributed by atoms with van der Waals surface area (Å²) in [5.74, 6) is 1.49. The Morgan fingerprint density at radius 2 is 1.55 bits per heavy atom. The van der Waals surface area contributed by atoms with Gasteiger partial charge in [0.05, 0.1) is 30.9 Å². The van der Waals surface area contributed by atoms with Crippen LogP contribution in [0.5, 0.6) is 11.5 Å². The zero-order chi connectivity index (χ0) is 23.4. The van der Waals surface area contributed by atoms with Crippen LogP contribution >= 0.6 is 0 Å². The molecule has 0 aliphatic carbocycles. The number of carbonyl (C=O) groups is 1. The number of nitrogens with one attached hydrogen (secondary N) is 2. The maximum atomic E-state index is 11.8. The molecule has 33 heavy (non-hydrogen) atoms. The van der Waals surface area contributed by atoms with E-state index in [1.807, 2.05) is 74.5 Å². The minimum atomic E-state index is -0.436. The van der Waals surface area contributed by atoms with Crippen molar-refractivity contribution in [2.24, 2.45) is 0 Å². The van der Waals surface area contributed by atoms with Gasteiger partial charge in [-0.3, -0.25) is 0 Å². The predicted molar refractivity (Wildman–Crippen MR) is 131 cm³/mol. The van der Waals surface area contributed by atoms with Gasteiger partial charge in [0, 0.05) is 22.5 Å². The van der Waals surface area contributed by atoms with E-state index >= 15 is 0 Å². The van der Waals surface area contributed by atoms with Gasteiger partial charge < -0.3 is 24.8 Å². The standard InChI is InChI=1S/C26H27N3O4/c1-16(2)27-26(30)33-15-17-6-5-7-18(12-17)28-25-21-13-19(31-3)8-10-23(21)29-24-11-9-20(32-4)14-22(24)25/h5-14,16H,15H2,1-4H3,(H,27,30)(H,28,29). The number of hydrogen-bond donors (Lipinski definition) is 2. The van der Waals surface area contributed by atoms with E-state index in [1.165, 1.54) is 0 Å². The van der Waals surface area contributed by atoms with Crippen molar-refractivity contribution in [2.75, 3.05) is 19.5 Å². The van der Waals surface area contributed by atoms with Gasteiger partial charge in [0.1, 0.15) is 18.1 Å². The van der Waals surface area contributed by atoms with E-state index in [4.69, 9.17) is 19.2 Å². The number of pyridine rings is 1. The van der Waals surface area contributed by atoms with Crippen molar-refractivity contribution in [2.45, 2.75) is 26.5 Å². The van der Waals surface area contributed by atoms with Gasteiger partial charge in [0.2, 0.25) is 0 Å². The number of methoxy groups -OCH3 is 2. The van der Waals surface area contributed by atoms with Crippen molar-refractivity contribution in [1.82, 2.24) is 10.3 Å². The summed E-state index contributed by atoms with van der Waals surface area (Å²) >= 11 is 0. The van der Waals surface area contributed by atoms with Gasteiger partial charge in [-0.05, 0) is 67.9 Å². The quantitative estimate of drug-likeness (QED) is 0.351. The second-order valence-corrected chi connectivity index (χ2v) is 7.95. The van der Waals surface area contributed by atoms with Gasteiger partial charge in [-0.25, -0.2) is 9.78 Å². The summed E-state index contributed by atoms with van der Waals surface area (Å²) in [4.78, 5) is 16.6. The third-order valence-electron chi connectivity index (χ3n) is 5.16. The third-order valence-corrected chi connectivity index (χ3v) is 5.16. The molecule has 4 aromatic rings. The normalized spacial score (nSPS) is 10.9. The molecule has 3 aromatic carbocycles. The average Bonchev–Trinajstić information content (AvgIpc) is 2.82. The molecule has 1 aromatic heterocycles. The molecule has 0 aliphatic heterocycles. The first kappa shape index (κ1) is 22.2. The lowest BCUT2D eigenvalue weighted by molar-refractivity contribution is 0.137. The van der Waals surface area contributed by atoms with E-state index in [9.17, 15) is 4.79 Å². The maximum absolute atomic E-state index is 11.8. The molecule has 0 spiro atoms. The first-order chi connectivity index (χ1) is 16.0. The molecule has 0 radical (unpaired) electrons. The van der Waals surface area contributed by atoms with Crippen molar-refractivity contribution in [3.05, 3.63) is 66.2 Å². The van der Waals surface area contributed by atoms with Gasteiger partial charge >= 0.3 is 6.09 Å². The van der Waals surface area contributed by atoms with Crippen molar-refractivity contribution >= 4 is 39.3 Å². The zero-order valence-corrected chi connectivity index (χ0v) is 19.1. The molecular formula is C26H27N3O4. The number of rotatable bonds is 7. The van der Waals surface area contributed by atoms with Crippen molar-refractivity contribution in [3.8, 4) is 11.5 Å². The summed E-state index contributed by atoms with van der Waals surface area (Å²) in [6.07, 6.45) is -0.436. The Bertz CT molecular complexity index is 1240. The van der Waals surface area contributed by atoms with E-state index in [0.29, 0.717) is 0 Å². The van der Waals surface area contributed by atoms with Crippen molar-refractivity contribution < 1.29 is 19.0 Å². The average molecular weight is 446 g/mol. The number of fused-ring (bicyclic) bond motifs is 2. The van der Waals surface area contributed by atoms with Crippen LogP contribution in [0.1, 0.15) is 19.4 Å². The molecule has 170 valence electrons. The molecule has 4 rings (SSSR count). The Labute approximate surface area is 192 Å². The van der Waals surface area contributed by atoms with Crippen LogP contribution in [0.3, 0.4) is 0 Å². The number of amides is 1. The van der Waals surface area contributed by atoms with E-state index in [0.717, 1.165) is 50.2 Å². The van der Waals surface area contributed by atoms with Gasteiger partial charge in [-0.1, -0.05) is 12.1 Å². The van der Waals surface area contributed by atoms with Gasteiger partial charge in [-0.15, -0.1) is 0 Å². The number of alkyl carbamates (subject to hydrolysis) is 1. The van der Waals surface area contributed by atoms with E-state index < -0.39 is 6.09 Å². The predicted octanol–water partition coefficient (Wildman–Crippen LogP) is 5.78. The maximum Gasteiger partial charge on any atom is 0.407 e. The monoisotopic (exact) mass is 445 g/mol. The van der Waals surface area contributed by atoms with Crippen LogP contribution in [-0.2, 0) is 11.3 Å². The summed E-state index contributed by atoms with van der Waals surface area (Å²) in [7, 11) is 3.29. The van der Waals surface area contributed by atoms with E-state index in [1.54, 1.807) is 14.2 Å². The lowest BCUT2D eigenvalue weighted by atomic mass is 10.1. The summed E-state index contributed by atoms with van der Waals surface area (Å²) in [5, 5.41) is 8.12. The van der Waals surface area contributed by atoms with E-state index in [2.05, 4.69) is 10.6 Å². The molecule has 0 bridgehead atoms. The summed E-state index contributed by atoms with van der Waals surface area (Å²) in [6.45, 7) is 3.95. The molecule has 1 heterocycles. The van der Waals surface area contributed by atoms with Crippen LogP contribution in [0, 0.1) is 0 Å². The zero-order valence-electron chi connectivity index (χ0n) is 19.1. The fraction of sp³-hybridized carbons (Fsp3) is 0.231. The molecule has 1 amide bonds.